The van der Waals surface area contributed by atoms with E-state index in [2.05, 4.69) is 25.7 Å². The van der Waals surface area contributed by atoms with Crippen molar-refractivity contribution in [1.29, 1.82) is 0 Å². The molecule has 0 aliphatic carbocycles. The van der Waals surface area contributed by atoms with Crippen LogP contribution in [0.1, 0.15) is 104 Å². The topological polar surface area (TPSA) is 69.4 Å². The van der Waals surface area contributed by atoms with E-state index in [-0.39, 0.29) is 0 Å². The minimum absolute atomic E-state index is 0.422. The average molecular weight is 394 g/mol. The van der Waals surface area contributed by atoms with Crippen molar-refractivity contribution in [1.82, 2.24) is 0 Å². The molecule has 2 N–H and O–H groups in total. The molecule has 0 spiro atoms. The highest BCUT2D eigenvalue weighted by Crippen LogP contribution is 2.31. The van der Waals surface area contributed by atoms with E-state index in [4.69, 9.17) is 10.5 Å². The van der Waals surface area contributed by atoms with Gasteiger partial charge in [-0.05, 0) is 46.0 Å². The standard InChI is InChI=1S/C24H43NO3/c1-5-7-8-9-10-11-12-13-14-15-16-17-18-19-20-24(4,23(25)27)21(3)28-22(26)6-2/h6,13-14,21H,2,5,7-12,15-20H2,1,3-4H3,(H2,25,27)/b14-13-. The first-order valence-corrected chi connectivity index (χ1v) is 11.2. The van der Waals surface area contributed by atoms with Crippen LogP contribution in [0.15, 0.2) is 24.8 Å². The Morgan fingerprint density at radius 3 is 1.96 bits per heavy atom. The summed E-state index contributed by atoms with van der Waals surface area (Å²) in [6, 6.07) is 0. The van der Waals surface area contributed by atoms with Gasteiger partial charge in [-0.15, -0.1) is 0 Å². The van der Waals surface area contributed by atoms with Gasteiger partial charge in [0, 0.05) is 6.08 Å². The van der Waals surface area contributed by atoms with Gasteiger partial charge >= 0.3 is 5.97 Å². The average Bonchev–Trinajstić information content (AvgIpc) is 2.67. The van der Waals surface area contributed by atoms with Gasteiger partial charge in [-0.2, -0.15) is 0 Å². The zero-order valence-corrected chi connectivity index (χ0v) is 18.5. The van der Waals surface area contributed by atoms with E-state index < -0.39 is 23.4 Å². The van der Waals surface area contributed by atoms with Crippen LogP contribution in [0.2, 0.25) is 0 Å². The summed E-state index contributed by atoms with van der Waals surface area (Å²) in [5.41, 5.74) is 4.74. The van der Waals surface area contributed by atoms with E-state index in [1.807, 2.05) is 0 Å². The molecule has 0 aromatic heterocycles. The molecule has 1 amide bonds. The largest absolute Gasteiger partial charge is 0.458 e. The summed E-state index contributed by atoms with van der Waals surface area (Å²) in [6.45, 7) is 9.14. The monoisotopic (exact) mass is 393 g/mol. The number of amides is 1. The van der Waals surface area contributed by atoms with Crippen LogP contribution in [0.3, 0.4) is 0 Å². The summed E-state index contributed by atoms with van der Waals surface area (Å²) in [7, 11) is 0. The van der Waals surface area contributed by atoms with Crippen molar-refractivity contribution >= 4 is 11.9 Å². The molecule has 0 aliphatic heterocycles. The van der Waals surface area contributed by atoms with Crippen molar-refractivity contribution in [3.8, 4) is 0 Å². The first-order valence-electron chi connectivity index (χ1n) is 11.2. The lowest BCUT2D eigenvalue weighted by molar-refractivity contribution is -0.153. The molecule has 0 aromatic carbocycles. The maximum Gasteiger partial charge on any atom is 0.330 e. The molecule has 0 saturated carbocycles. The normalized spacial score (nSPS) is 14.5. The summed E-state index contributed by atoms with van der Waals surface area (Å²) in [6.07, 6.45) is 20.5. The Balaban J connectivity index is 3.86. The summed E-state index contributed by atoms with van der Waals surface area (Å²) in [5, 5.41) is 0. The zero-order valence-electron chi connectivity index (χ0n) is 18.5. The second-order valence-electron chi connectivity index (χ2n) is 8.05. The van der Waals surface area contributed by atoms with Crippen molar-refractivity contribution in [2.75, 3.05) is 0 Å². The summed E-state index contributed by atoms with van der Waals surface area (Å²) in [4.78, 5) is 23.3. The first-order chi connectivity index (χ1) is 13.4. The van der Waals surface area contributed by atoms with E-state index in [1.54, 1.807) is 13.8 Å². The smallest absolute Gasteiger partial charge is 0.330 e. The van der Waals surface area contributed by atoms with E-state index in [0.29, 0.717) is 6.42 Å². The third kappa shape index (κ3) is 12.0. The summed E-state index contributed by atoms with van der Waals surface area (Å²) < 4.78 is 5.23. The lowest BCUT2D eigenvalue weighted by Crippen LogP contribution is -2.44. The van der Waals surface area contributed by atoms with Gasteiger partial charge in [0.15, 0.2) is 0 Å². The van der Waals surface area contributed by atoms with Crippen LogP contribution in [0.25, 0.3) is 0 Å². The molecule has 162 valence electrons. The first kappa shape index (κ1) is 26.4. The summed E-state index contributed by atoms with van der Waals surface area (Å²) in [5.74, 6) is -0.942. The predicted octanol–water partition coefficient (Wildman–Crippen LogP) is 6.24. The highest BCUT2D eigenvalue weighted by atomic mass is 16.5. The van der Waals surface area contributed by atoms with Gasteiger partial charge in [-0.1, -0.05) is 77.0 Å². The second-order valence-corrected chi connectivity index (χ2v) is 8.05. The molecule has 0 fully saturated rings. The Labute approximate surface area is 173 Å². The molecule has 0 bridgehead atoms. The lowest BCUT2D eigenvalue weighted by atomic mass is 9.79. The number of unbranched alkanes of at least 4 members (excludes halogenated alkanes) is 10. The highest BCUT2D eigenvalue weighted by molar-refractivity contribution is 5.84. The van der Waals surface area contributed by atoms with Gasteiger partial charge in [0.2, 0.25) is 5.91 Å². The van der Waals surface area contributed by atoms with Crippen LogP contribution in [0.5, 0.6) is 0 Å². The van der Waals surface area contributed by atoms with E-state index in [0.717, 1.165) is 31.8 Å². The van der Waals surface area contributed by atoms with Gasteiger partial charge in [-0.3, -0.25) is 4.79 Å². The van der Waals surface area contributed by atoms with E-state index in [1.165, 1.54) is 51.4 Å². The van der Waals surface area contributed by atoms with Crippen LogP contribution in [0, 0.1) is 5.41 Å². The van der Waals surface area contributed by atoms with Gasteiger partial charge in [0.05, 0.1) is 5.41 Å². The van der Waals surface area contributed by atoms with Crippen LogP contribution < -0.4 is 5.73 Å². The third-order valence-corrected chi connectivity index (χ3v) is 5.63. The number of rotatable bonds is 18. The predicted molar refractivity (Wildman–Crippen MR) is 118 cm³/mol. The number of ether oxygens (including phenoxy) is 1. The SMILES string of the molecule is C=CC(=O)OC(C)C(C)(CCCCCC/C=C\CCCCCCCC)C(N)=O. The fourth-order valence-corrected chi connectivity index (χ4v) is 3.27. The van der Waals surface area contributed by atoms with Gasteiger partial charge in [0.1, 0.15) is 6.10 Å². The molecule has 28 heavy (non-hydrogen) atoms. The van der Waals surface area contributed by atoms with Crippen molar-refractivity contribution in [3.05, 3.63) is 24.8 Å². The van der Waals surface area contributed by atoms with Crippen LogP contribution in [0.4, 0.5) is 0 Å². The molecular formula is C24H43NO3. The Bertz CT molecular complexity index is 472. The molecule has 0 heterocycles. The molecule has 0 radical (unpaired) electrons. The Kier molecular flexibility index (Phi) is 15.5. The molecule has 0 aromatic rings. The van der Waals surface area contributed by atoms with Crippen molar-refractivity contribution in [2.24, 2.45) is 11.1 Å². The Hall–Kier alpha value is -1.58. The fourth-order valence-electron chi connectivity index (χ4n) is 3.27. The molecule has 4 nitrogen and oxygen atoms in total. The third-order valence-electron chi connectivity index (χ3n) is 5.63. The number of carbonyl (C=O) groups is 2. The number of hydrogen-bond acceptors (Lipinski definition) is 3. The minimum Gasteiger partial charge on any atom is -0.458 e. The van der Waals surface area contributed by atoms with E-state index in [9.17, 15) is 9.59 Å². The van der Waals surface area contributed by atoms with Crippen LogP contribution in [-0.4, -0.2) is 18.0 Å². The molecule has 0 saturated heterocycles. The van der Waals surface area contributed by atoms with Gasteiger partial charge < -0.3 is 10.5 Å². The number of carbonyl (C=O) groups excluding carboxylic acids is 2. The molecule has 0 rings (SSSR count). The Morgan fingerprint density at radius 2 is 1.46 bits per heavy atom. The quantitative estimate of drug-likeness (QED) is 0.130. The number of esters is 1. The number of allylic oxidation sites excluding steroid dienone is 2. The van der Waals surface area contributed by atoms with Crippen LogP contribution in [-0.2, 0) is 14.3 Å². The zero-order chi connectivity index (χ0) is 21.3. The maximum absolute atomic E-state index is 11.9. The number of primary amides is 1. The van der Waals surface area contributed by atoms with E-state index >= 15 is 0 Å². The Morgan fingerprint density at radius 1 is 0.964 bits per heavy atom. The molecule has 4 heteroatoms. The second kappa shape index (κ2) is 16.4. The highest BCUT2D eigenvalue weighted by Gasteiger charge is 2.38. The number of hydrogen-bond donors (Lipinski definition) is 1. The molecule has 0 aliphatic rings. The van der Waals surface area contributed by atoms with Crippen molar-refractivity contribution in [2.45, 2.75) is 110 Å². The van der Waals surface area contributed by atoms with Crippen molar-refractivity contribution in [3.63, 3.8) is 0 Å². The summed E-state index contributed by atoms with van der Waals surface area (Å²) >= 11 is 0. The number of nitrogens with two attached hydrogens (primary N) is 1. The maximum atomic E-state index is 11.9. The fraction of sp³-hybridized carbons (Fsp3) is 0.750. The van der Waals surface area contributed by atoms with Gasteiger partial charge in [-0.25, -0.2) is 4.79 Å². The molecule has 2 atom stereocenters. The minimum atomic E-state index is -0.838. The lowest BCUT2D eigenvalue weighted by Gasteiger charge is -2.31. The van der Waals surface area contributed by atoms with Crippen molar-refractivity contribution < 1.29 is 14.3 Å². The van der Waals surface area contributed by atoms with Gasteiger partial charge in [0.25, 0.3) is 0 Å². The van der Waals surface area contributed by atoms with Crippen LogP contribution >= 0.6 is 0 Å². The molecular weight excluding hydrogens is 350 g/mol. The molecule has 2 unspecified atom stereocenters.